The summed E-state index contributed by atoms with van der Waals surface area (Å²) < 4.78 is 49.1. The lowest BCUT2D eigenvalue weighted by molar-refractivity contribution is -0.152. The van der Waals surface area contributed by atoms with Gasteiger partial charge in [-0.1, -0.05) is 23.7 Å². The van der Waals surface area contributed by atoms with E-state index in [1.807, 2.05) is 0 Å². The van der Waals surface area contributed by atoms with E-state index in [0.29, 0.717) is 21.6 Å². The molecule has 1 atom stereocenters. The molecule has 0 spiro atoms. The van der Waals surface area contributed by atoms with Crippen LogP contribution in [0.15, 0.2) is 47.6 Å². The highest BCUT2D eigenvalue weighted by Gasteiger charge is 2.41. The van der Waals surface area contributed by atoms with E-state index >= 15 is 0 Å². The Bertz CT molecular complexity index is 869. The van der Waals surface area contributed by atoms with Crippen LogP contribution in [-0.2, 0) is 0 Å². The zero-order valence-electron chi connectivity index (χ0n) is 12.8. The predicted octanol–water partition coefficient (Wildman–Crippen LogP) is 4.29. The normalized spacial score (nSPS) is 13.2. The summed E-state index contributed by atoms with van der Waals surface area (Å²) in [7, 11) is 1.45. The molecule has 0 amide bonds. The van der Waals surface area contributed by atoms with Crippen LogP contribution in [0.1, 0.15) is 11.6 Å². The van der Waals surface area contributed by atoms with Gasteiger partial charge in [0.05, 0.1) is 13.3 Å². The van der Waals surface area contributed by atoms with Crippen LogP contribution in [0.25, 0.3) is 5.65 Å². The second kappa shape index (κ2) is 7.11. The van der Waals surface area contributed by atoms with Crippen molar-refractivity contribution < 1.29 is 17.9 Å². The second-order valence-corrected chi connectivity index (χ2v) is 6.28. The number of rotatable bonds is 5. The lowest BCUT2D eigenvalue weighted by Crippen LogP contribution is -2.30. The monoisotopic (exact) mass is 388 g/mol. The summed E-state index contributed by atoms with van der Waals surface area (Å²) in [4.78, 5) is 4.10. The van der Waals surface area contributed by atoms with Crippen LogP contribution in [0, 0.1) is 0 Å². The van der Waals surface area contributed by atoms with E-state index in [2.05, 4.69) is 14.8 Å². The topological polar surface area (TPSA) is 51.5 Å². The average Bonchev–Trinajstić information content (AvgIpc) is 2.97. The molecule has 10 heteroatoms. The molecule has 1 N–H and O–H groups in total. The SMILES string of the molecule is COc1ccc2ncc(SNC(c3ccc(Cl)cc3)C(F)(F)F)n2n1. The molecule has 0 aliphatic rings. The van der Waals surface area contributed by atoms with Crippen LogP contribution in [0.5, 0.6) is 5.88 Å². The summed E-state index contributed by atoms with van der Waals surface area (Å²) in [6, 6.07) is 6.93. The first kappa shape index (κ1) is 17.8. The Hall–Kier alpha value is -1.97. The van der Waals surface area contributed by atoms with E-state index in [0.717, 1.165) is 11.9 Å². The first-order valence-corrected chi connectivity index (χ1v) is 8.21. The fraction of sp³-hybridized carbons (Fsp3) is 0.200. The van der Waals surface area contributed by atoms with Gasteiger partial charge < -0.3 is 4.74 Å². The molecule has 2 heterocycles. The van der Waals surface area contributed by atoms with Crippen molar-refractivity contribution >= 4 is 29.2 Å². The number of imidazole rings is 1. The Balaban J connectivity index is 1.85. The van der Waals surface area contributed by atoms with Gasteiger partial charge in [-0.25, -0.2) is 14.2 Å². The van der Waals surface area contributed by atoms with Gasteiger partial charge in [-0.3, -0.25) is 0 Å². The van der Waals surface area contributed by atoms with Crippen LogP contribution in [0.3, 0.4) is 0 Å². The molecular formula is C15H12ClF3N4OS. The van der Waals surface area contributed by atoms with Crippen molar-refractivity contribution in [3.05, 3.63) is 53.2 Å². The van der Waals surface area contributed by atoms with Gasteiger partial charge in [0.25, 0.3) is 0 Å². The number of nitrogens with zero attached hydrogens (tertiary/aromatic N) is 3. The van der Waals surface area contributed by atoms with Crippen molar-refractivity contribution in [2.75, 3.05) is 7.11 Å². The number of aromatic nitrogens is 3. The number of nitrogens with one attached hydrogen (secondary N) is 1. The lowest BCUT2D eigenvalue weighted by atomic mass is 10.1. The van der Waals surface area contributed by atoms with E-state index in [4.69, 9.17) is 16.3 Å². The number of fused-ring (bicyclic) bond motifs is 1. The molecular weight excluding hydrogens is 377 g/mol. The zero-order valence-corrected chi connectivity index (χ0v) is 14.4. The Labute approximate surface area is 150 Å². The average molecular weight is 389 g/mol. The van der Waals surface area contributed by atoms with Crippen molar-refractivity contribution in [1.82, 2.24) is 19.3 Å². The number of methoxy groups -OCH3 is 1. The first-order valence-electron chi connectivity index (χ1n) is 7.02. The minimum atomic E-state index is -4.48. The van der Waals surface area contributed by atoms with Crippen LogP contribution in [0.4, 0.5) is 13.2 Å². The molecule has 0 aliphatic heterocycles. The van der Waals surface area contributed by atoms with Crippen molar-refractivity contribution in [3.8, 4) is 5.88 Å². The summed E-state index contributed by atoms with van der Waals surface area (Å²) in [6.07, 6.45) is -3.04. The molecule has 0 bridgehead atoms. The Morgan fingerprint density at radius 3 is 2.56 bits per heavy atom. The maximum atomic E-state index is 13.4. The van der Waals surface area contributed by atoms with Crippen molar-refractivity contribution in [3.63, 3.8) is 0 Å². The van der Waals surface area contributed by atoms with Crippen molar-refractivity contribution in [1.29, 1.82) is 0 Å². The highest BCUT2D eigenvalue weighted by molar-refractivity contribution is 7.97. The second-order valence-electron chi connectivity index (χ2n) is 4.99. The molecule has 0 fully saturated rings. The number of hydrogen-bond acceptors (Lipinski definition) is 5. The number of ether oxygens (including phenoxy) is 1. The lowest BCUT2D eigenvalue weighted by Gasteiger charge is -2.21. The van der Waals surface area contributed by atoms with Gasteiger partial charge in [0.1, 0.15) is 11.1 Å². The smallest absolute Gasteiger partial charge is 0.408 e. The van der Waals surface area contributed by atoms with Crippen LogP contribution >= 0.6 is 23.5 Å². The Morgan fingerprint density at radius 1 is 1.20 bits per heavy atom. The summed E-state index contributed by atoms with van der Waals surface area (Å²) in [5.74, 6) is 0.331. The highest BCUT2D eigenvalue weighted by Crippen LogP contribution is 2.35. The largest absolute Gasteiger partial charge is 0.480 e. The van der Waals surface area contributed by atoms with Gasteiger partial charge in [-0.2, -0.15) is 13.2 Å². The van der Waals surface area contributed by atoms with E-state index in [9.17, 15) is 13.2 Å². The maximum absolute atomic E-state index is 13.4. The van der Waals surface area contributed by atoms with Crippen LogP contribution < -0.4 is 9.46 Å². The van der Waals surface area contributed by atoms with E-state index in [1.54, 1.807) is 12.1 Å². The summed E-state index contributed by atoms with van der Waals surface area (Å²) in [6.45, 7) is 0. The van der Waals surface area contributed by atoms with Gasteiger partial charge in [0.2, 0.25) is 5.88 Å². The summed E-state index contributed by atoms with van der Waals surface area (Å²) in [5, 5.41) is 4.92. The molecule has 2 aromatic heterocycles. The molecule has 1 unspecified atom stereocenters. The summed E-state index contributed by atoms with van der Waals surface area (Å²) in [5.41, 5.74) is 0.559. The maximum Gasteiger partial charge on any atom is 0.408 e. The molecule has 3 rings (SSSR count). The number of alkyl halides is 3. The van der Waals surface area contributed by atoms with E-state index in [-0.39, 0.29) is 5.56 Å². The Morgan fingerprint density at radius 2 is 1.92 bits per heavy atom. The van der Waals surface area contributed by atoms with E-state index < -0.39 is 12.2 Å². The van der Waals surface area contributed by atoms with Gasteiger partial charge in [-0.05, 0) is 35.7 Å². The van der Waals surface area contributed by atoms with Gasteiger partial charge in [0.15, 0.2) is 5.65 Å². The predicted molar refractivity (Wildman–Crippen MR) is 88.8 cm³/mol. The first-order chi connectivity index (χ1) is 11.9. The molecule has 0 aliphatic carbocycles. The third-order valence-electron chi connectivity index (χ3n) is 3.33. The zero-order chi connectivity index (χ0) is 18.0. The minimum Gasteiger partial charge on any atom is -0.480 e. The standard InChI is InChI=1S/C15H12ClF3N4OS/c1-24-12-7-6-11-20-8-13(23(11)21-12)25-22-14(15(17,18)19)9-2-4-10(16)5-3-9/h2-8,14,22H,1H3. The molecule has 3 aromatic rings. The molecule has 25 heavy (non-hydrogen) atoms. The third-order valence-corrected chi connectivity index (χ3v) is 4.42. The van der Waals surface area contributed by atoms with Gasteiger partial charge in [-0.15, -0.1) is 5.10 Å². The fourth-order valence-electron chi connectivity index (χ4n) is 2.11. The number of benzene rings is 1. The number of halogens is 4. The molecule has 0 saturated carbocycles. The fourth-order valence-corrected chi connectivity index (χ4v) is 3.07. The van der Waals surface area contributed by atoms with Crippen molar-refractivity contribution in [2.24, 2.45) is 0 Å². The Kier molecular flexibility index (Phi) is 5.07. The highest BCUT2D eigenvalue weighted by atomic mass is 35.5. The molecule has 132 valence electrons. The molecule has 0 saturated heterocycles. The van der Waals surface area contributed by atoms with E-state index in [1.165, 1.54) is 42.1 Å². The quantitative estimate of drug-likeness (QED) is 0.661. The number of hydrogen-bond donors (Lipinski definition) is 1. The molecule has 0 radical (unpaired) electrons. The van der Waals surface area contributed by atoms with Gasteiger partial charge in [0, 0.05) is 11.1 Å². The summed E-state index contributed by atoms with van der Waals surface area (Å²) >= 11 is 6.53. The van der Waals surface area contributed by atoms with Crippen LogP contribution in [-0.4, -0.2) is 27.9 Å². The van der Waals surface area contributed by atoms with Crippen molar-refractivity contribution in [2.45, 2.75) is 17.2 Å². The minimum absolute atomic E-state index is 0.0590. The molecule has 5 nitrogen and oxygen atoms in total. The van der Waals surface area contributed by atoms with Crippen LogP contribution in [0.2, 0.25) is 5.02 Å². The molecule has 1 aromatic carbocycles. The van der Waals surface area contributed by atoms with Gasteiger partial charge >= 0.3 is 6.18 Å². The third kappa shape index (κ3) is 4.00.